The first kappa shape index (κ1) is 24.5. The number of carbonyl (C=O) groups excluding carboxylic acids is 2. The van der Waals surface area contributed by atoms with Gasteiger partial charge in [-0.15, -0.1) is 0 Å². The molecule has 0 fully saturated rings. The van der Waals surface area contributed by atoms with Crippen LogP contribution in [0.5, 0.6) is 0 Å². The van der Waals surface area contributed by atoms with Crippen LogP contribution < -0.4 is 10.6 Å². The van der Waals surface area contributed by atoms with E-state index in [1.54, 1.807) is 54.7 Å². The van der Waals surface area contributed by atoms with Gasteiger partial charge in [0, 0.05) is 24.5 Å². The number of ether oxygens (including phenoxy) is 1. The Morgan fingerprint density at radius 1 is 1.00 bits per heavy atom. The summed E-state index contributed by atoms with van der Waals surface area (Å²) in [4.78, 5) is 40.9. The minimum Gasteiger partial charge on any atom is -0.479 e. The van der Waals surface area contributed by atoms with E-state index in [0.717, 1.165) is 0 Å². The van der Waals surface area contributed by atoms with Crippen molar-refractivity contribution in [1.29, 1.82) is 0 Å². The lowest BCUT2D eigenvalue weighted by atomic mass is 9.91. The summed E-state index contributed by atoms with van der Waals surface area (Å²) in [5.41, 5.74) is 0.435. The van der Waals surface area contributed by atoms with Gasteiger partial charge < -0.3 is 15.2 Å². The van der Waals surface area contributed by atoms with E-state index in [9.17, 15) is 23.9 Å². The molecule has 2 aromatic carbocycles. The first-order chi connectivity index (χ1) is 16.3. The molecule has 1 aromatic heterocycles. The second kappa shape index (κ2) is 11.2. The highest BCUT2D eigenvalue weighted by atomic mass is 19.1. The Morgan fingerprint density at radius 3 is 2.26 bits per heavy atom. The number of halogens is 1. The number of benzene rings is 2. The van der Waals surface area contributed by atoms with E-state index >= 15 is 0 Å². The number of nitrogens with one attached hydrogen (secondary N) is 2. The minimum atomic E-state index is -1.96. The summed E-state index contributed by atoms with van der Waals surface area (Å²) in [5, 5.41) is 15.1. The van der Waals surface area contributed by atoms with Crippen LogP contribution in [0.15, 0.2) is 73.1 Å². The molecule has 3 N–H and O–H groups in total. The second-order valence-electron chi connectivity index (χ2n) is 7.62. The molecule has 8 nitrogen and oxygen atoms in total. The molecule has 1 unspecified atom stereocenters. The Balaban J connectivity index is 1.58. The number of rotatable bonds is 10. The van der Waals surface area contributed by atoms with Crippen LogP contribution in [0.4, 0.5) is 10.1 Å². The van der Waals surface area contributed by atoms with Gasteiger partial charge >= 0.3 is 11.9 Å². The third-order valence-electron chi connectivity index (χ3n) is 5.22. The molecule has 0 aliphatic heterocycles. The third kappa shape index (κ3) is 6.23. The molecule has 0 aliphatic rings. The maximum atomic E-state index is 13.0. The number of hydrogen-bond donors (Lipinski definition) is 3. The molecule has 0 saturated heterocycles. The van der Waals surface area contributed by atoms with Gasteiger partial charge in [0.2, 0.25) is 11.4 Å². The molecule has 9 heteroatoms. The van der Waals surface area contributed by atoms with Gasteiger partial charge in [-0.3, -0.25) is 15.1 Å². The van der Waals surface area contributed by atoms with E-state index in [4.69, 9.17) is 4.74 Å². The number of likely N-dealkylation sites (N-methyl/N-ethyl adjacent to an activating group) is 1. The molecule has 0 bridgehead atoms. The Labute approximate surface area is 195 Å². The molecule has 34 heavy (non-hydrogen) atoms. The minimum absolute atomic E-state index is 0.0951. The number of esters is 1. The lowest BCUT2D eigenvalue weighted by Gasteiger charge is -2.26. The van der Waals surface area contributed by atoms with Gasteiger partial charge in [-0.05, 0) is 54.1 Å². The van der Waals surface area contributed by atoms with Crippen molar-refractivity contribution in [1.82, 2.24) is 10.3 Å². The first-order valence-electron chi connectivity index (χ1n) is 10.4. The summed E-state index contributed by atoms with van der Waals surface area (Å²) >= 11 is 0. The molecule has 0 aliphatic carbocycles. The Bertz CT molecular complexity index is 1140. The monoisotopic (exact) mass is 465 g/mol. The number of carboxylic acid groups (broad SMARTS) is 1. The largest absolute Gasteiger partial charge is 0.479 e. The zero-order chi connectivity index (χ0) is 24.6. The molecule has 176 valence electrons. The SMILES string of the molecule is CNC(Cc1cccnc1)(C(=O)O)C(=O)OCc1ccc(NC(=O)Cc2ccc(F)cc2)cc1. The highest BCUT2D eigenvalue weighted by molar-refractivity contribution is 6.04. The van der Waals surface area contributed by atoms with Crippen molar-refractivity contribution in [2.45, 2.75) is 25.0 Å². The molecule has 0 saturated carbocycles. The van der Waals surface area contributed by atoms with E-state index in [0.29, 0.717) is 22.4 Å². The highest BCUT2D eigenvalue weighted by Gasteiger charge is 2.46. The average Bonchev–Trinajstić information content (AvgIpc) is 2.83. The Morgan fingerprint density at radius 2 is 1.68 bits per heavy atom. The van der Waals surface area contributed by atoms with E-state index in [1.165, 1.54) is 25.4 Å². The number of anilines is 1. The molecule has 0 spiro atoms. The number of aromatic nitrogens is 1. The van der Waals surface area contributed by atoms with E-state index in [-0.39, 0.29) is 31.2 Å². The van der Waals surface area contributed by atoms with Crippen molar-refractivity contribution in [3.63, 3.8) is 0 Å². The van der Waals surface area contributed by atoms with Crippen molar-refractivity contribution in [2.24, 2.45) is 0 Å². The maximum absolute atomic E-state index is 13.0. The highest BCUT2D eigenvalue weighted by Crippen LogP contribution is 2.18. The number of carbonyl (C=O) groups is 3. The number of pyridine rings is 1. The topological polar surface area (TPSA) is 118 Å². The number of hydrogen-bond acceptors (Lipinski definition) is 6. The van der Waals surface area contributed by atoms with E-state index < -0.39 is 17.5 Å². The predicted molar refractivity (Wildman–Crippen MR) is 122 cm³/mol. The molecule has 1 heterocycles. The fourth-order valence-corrected chi connectivity index (χ4v) is 3.29. The summed E-state index contributed by atoms with van der Waals surface area (Å²) in [6, 6.07) is 15.6. The van der Waals surface area contributed by atoms with Crippen LogP contribution in [0.2, 0.25) is 0 Å². The van der Waals surface area contributed by atoms with Gasteiger partial charge in [0.25, 0.3) is 0 Å². The van der Waals surface area contributed by atoms with Crippen LogP contribution in [0.3, 0.4) is 0 Å². The summed E-state index contributed by atoms with van der Waals surface area (Å²) in [5.74, 6) is -2.92. The van der Waals surface area contributed by atoms with Gasteiger partial charge in [-0.25, -0.2) is 14.0 Å². The van der Waals surface area contributed by atoms with E-state index in [2.05, 4.69) is 15.6 Å². The van der Waals surface area contributed by atoms with Gasteiger partial charge in [0.05, 0.1) is 6.42 Å². The van der Waals surface area contributed by atoms with Crippen LogP contribution in [0.25, 0.3) is 0 Å². The summed E-state index contributed by atoms with van der Waals surface area (Å²) in [6.07, 6.45) is 3.01. The van der Waals surface area contributed by atoms with Crippen LogP contribution in [0.1, 0.15) is 16.7 Å². The standard InChI is InChI=1S/C25H24FN3O5/c1-27-25(23(31)32,14-19-3-2-12-28-15-19)24(33)34-16-18-6-10-21(11-7-18)29-22(30)13-17-4-8-20(26)9-5-17/h2-12,15,27H,13-14,16H2,1H3,(H,29,30)(H,31,32). The smallest absolute Gasteiger partial charge is 0.338 e. The van der Waals surface area contributed by atoms with Gasteiger partial charge in [0.1, 0.15) is 12.4 Å². The van der Waals surface area contributed by atoms with Gasteiger partial charge in [-0.1, -0.05) is 30.3 Å². The summed E-state index contributed by atoms with van der Waals surface area (Å²) < 4.78 is 18.3. The van der Waals surface area contributed by atoms with Gasteiger partial charge in [-0.2, -0.15) is 0 Å². The lowest BCUT2D eigenvalue weighted by Crippen LogP contribution is -2.59. The average molecular weight is 465 g/mol. The van der Waals surface area contributed by atoms with Crippen LogP contribution in [0, 0.1) is 5.82 Å². The Kier molecular flexibility index (Phi) is 8.05. The zero-order valence-corrected chi connectivity index (χ0v) is 18.5. The van der Waals surface area contributed by atoms with Gasteiger partial charge in [0.15, 0.2) is 0 Å². The molecule has 0 radical (unpaired) electrons. The van der Waals surface area contributed by atoms with Crippen LogP contribution in [-0.4, -0.2) is 40.5 Å². The predicted octanol–water partition coefficient (Wildman–Crippen LogP) is 2.73. The van der Waals surface area contributed by atoms with Crippen LogP contribution >= 0.6 is 0 Å². The maximum Gasteiger partial charge on any atom is 0.338 e. The number of aliphatic carboxylic acids is 1. The fourth-order valence-electron chi connectivity index (χ4n) is 3.29. The van der Waals surface area contributed by atoms with Crippen molar-refractivity contribution in [2.75, 3.05) is 12.4 Å². The molecule has 1 atom stereocenters. The van der Waals surface area contributed by atoms with Crippen molar-refractivity contribution in [3.05, 3.63) is 95.6 Å². The van der Waals surface area contributed by atoms with Crippen molar-refractivity contribution >= 4 is 23.5 Å². The van der Waals surface area contributed by atoms with Crippen LogP contribution in [-0.2, 0) is 38.6 Å². The normalized spacial score (nSPS) is 12.4. The number of amides is 1. The molecular formula is C25H24FN3O5. The number of carboxylic acids is 1. The molecular weight excluding hydrogens is 441 g/mol. The number of nitrogens with zero attached hydrogens (tertiary/aromatic N) is 1. The summed E-state index contributed by atoms with van der Waals surface area (Å²) in [7, 11) is 1.38. The molecule has 3 rings (SSSR count). The van der Waals surface area contributed by atoms with Crippen molar-refractivity contribution in [3.8, 4) is 0 Å². The molecule has 3 aromatic rings. The lowest BCUT2D eigenvalue weighted by molar-refractivity contribution is -0.163. The quantitative estimate of drug-likeness (QED) is 0.311. The second-order valence-corrected chi connectivity index (χ2v) is 7.62. The fraction of sp³-hybridized carbons (Fsp3) is 0.200. The zero-order valence-electron chi connectivity index (χ0n) is 18.5. The van der Waals surface area contributed by atoms with Crippen molar-refractivity contribution < 1.29 is 28.6 Å². The van der Waals surface area contributed by atoms with E-state index in [1.807, 2.05) is 0 Å². The third-order valence-corrected chi connectivity index (χ3v) is 5.22. The Hall–Kier alpha value is -4.11. The summed E-state index contributed by atoms with van der Waals surface area (Å²) in [6.45, 7) is -0.146. The molecule has 1 amide bonds. The first-order valence-corrected chi connectivity index (χ1v) is 10.4.